The summed E-state index contributed by atoms with van der Waals surface area (Å²) in [6, 6.07) is 20.6. The molecule has 3 rings (SSSR count). The Morgan fingerprint density at radius 2 is 1.64 bits per heavy atom. The molecule has 0 N–H and O–H groups in total. The van der Waals surface area contributed by atoms with Gasteiger partial charge >= 0.3 is 6.09 Å². The van der Waals surface area contributed by atoms with E-state index >= 15 is 0 Å². The molecule has 0 fully saturated rings. The molecule has 2 atom stereocenters. The van der Waals surface area contributed by atoms with Crippen molar-refractivity contribution in [3.8, 4) is 0 Å². The summed E-state index contributed by atoms with van der Waals surface area (Å²) in [6.07, 6.45) is 1.45. The number of hydrogen-bond acceptors (Lipinski definition) is 3. The van der Waals surface area contributed by atoms with Gasteiger partial charge in [0.2, 0.25) is 0 Å². The highest BCUT2D eigenvalue weighted by Gasteiger charge is 2.35. The molecule has 1 heterocycles. The molecule has 2 aromatic carbocycles. The molecule has 28 heavy (non-hydrogen) atoms. The van der Waals surface area contributed by atoms with Gasteiger partial charge in [-0.05, 0) is 35.7 Å². The van der Waals surface area contributed by atoms with Gasteiger partial charge in [0.05, 0.1) is 6.04 Å². The van der Waals surface area contributed by atoms with Gasteiger partial charge in [0, 0.05) is 8.07 Å². The summed E-state index contributed by atoms with van der Waals surface area (Å²) in [6.45, 7) is 9.26. The van der Waals surface area contributed by atoms with E-state index in [9.17, 15) is 4.79 Å². The number of rotatable bonds is 5. The van der Waals surface area contributed by atoms with Gasteiger partial charge in [-0.1, -0.05) is 80.3 Å². The third-order valence-electron chi connectivity index (χ3n) is 4.73. The molecule has 1 aliphatic rings. The van der Waals surface area contributed by atoms with Crippen molar-refractivity contribution < 1.29 is 14.4 Å². The number of hydroxylamine groups is 2. The third-order valence-corrected chi connectivity index (χ3v) is 6.20. The highest BCUT2D eigenvalue weighted by molar-refractivity contribution is 6.76. The molecular weight excluding hydrogens is 366 g/mol. The SMILES string of the molecule is C[C@@H]1C(C[Si](C)(C)C)=C[C@H](c2ccccc2)ON1C(=O)OCc1ccccc1. The molecule has 0 aliphatic carbocycles. The fourth-order valence-corrected chi connectivity index (χ4v) is 4.97. The Morgan fingerprint density at radius 3 is 2.25 bits per heavy atom. The van der Waals surface area contributed by atoms with Crippen LogP contribution in [0, 0.1) is 0 Å². The second kappa shape index (κ2) is 8.75. The molecule has 1 amide bonds. The van der Waals surface area contributed by atoms with E-state index in [0.717, 1.165) is 17.2 Å². The lowest BCUT2D eigenvalue weighted by molar-refractivity contribution is -0.186. The Bertz CT molecular complexity index is 815. The van der Waals surface area contributed by atoms with Crippen LogP contribution in [0.2, 0.25) is 25.7 Å². The summed E-state index contributed by atoms with van der Waals surface area (Å²) in [7, 11) is -1.36. The van der Waals surface area contributed by atoms with Crippen molar-refractivity contribution in [3.63, 3.8) is 0 Å². The van der Waals surface area contributed by atoms with Crippen LogP contribution in [0.25, 0.3) is 0 Å². The Hall–Kier alpha value is -2.37. The quantitative estimate of drug-likeness (QED) is 0.463. The first kappa shape index (κ1) is 20.4. The summed E-state index contributed by atoms with van der Waals surface area (Å²) in [4.78, 5) is 18.9. The largest absolute Gasteiger partial charge is 0.443 e. The van der Waals surface area contributed by atoms with E-state index in [2.05, 4.69) is 25.7 Å². The number of hydrogen-bond donors (Lipinski definition) is 0. The molecule has 5 heteroatoms. The highest BCUT2D eigenvalue weighted by Crippen LogP contribution is 2.34. The number of ether oxygens (including phenoxy) is 1. The van der Waals surface area contributed by atoms with E-state index in [-0.39, 0.29) is 18.8 Å². The van der Waals surface area contributed by atoms with Gasteiger partial charge in [-0.25, -0.2) is 4.79 Å². The Kier molecular flexibility index (Phi) is 6.37. The molecule has 0 aromatic heterocycles. The molecule has 4 nitrogen and oxygen atoms in total. The Labute approximate surface area is 168 Å². The summed E-state index contributed by atoms with van der Waals surface area (Å²) in [5.41, 5.74) is 3.23. The minimum Gasteiger partial charge on any atom is -0.443 e. The van der Waals surface area contributed by atoms with Crippen molar-refractivity contribution >= 4 is 14.2 Å². The molecule has 148 valence electrons. The van der Waals surface area contributed by atoms with Gasteiger partial charge in [0.25, 0.3) is 0 Å². The number of carbonyl (C=O) groups is 1. The topological polar surface area (TPSA) is 38.8 Å². The van der Waals surface area contributed by atoms with Crippen molar-refractivity contribution in [2.45, 2.75) is 51.4 Å². The lowest BCUT2D eigenvalue weighted by Crippen LogP contribution is -2.44. The van der Waals surface area contributed by atoms with Crippen LogP contribution in [0.15, 0.2) is 72.3 Å². The molecule has 0 radical (unpaired) electrons. The van der Waals surface area contributed by atoms with E-state index in [1.807, 2.05) is 67.6 Å². The first-order valence-electron chi connectivity index (χ1n) is 9.76. The summed E-state index contributed by atoms with van der Waals surface area (Å²) in [5, 5.41) is 1.41. The minimum absolute atomic E-state index is 0.144. The van der Waals surface area contributed by atoms with Gasteiger partial charge in [-0.3, -0.25) is 4.84 Å². The van der Waals surface area contributed by atoms with Gasteiger partial charge in [0.15, 0.2) is 0 Å². The highest BCUT2D eigenvalue weighted by atomic mass is 28.3. The first-order valence-corrected chi connectivity index (χ1v) is 13.5. The van der Waals surface area contributed by atoms with Gasteiger partial charge in [-0.2, -0.15) is 5.06 Å². The van der Waals surface area contributed by atoms with Crippen LogP contribution in [0.5, 0.6) is 0 Å². The maximum absolute atomic E-state index is 12.8. The first-order chi connectivity index (χ1) is 13.3. The summed E-state index contributed by atoms with van der Waals surface area (Å²) < 4.78 is 5.55. The van der Waals surface area contributed by atoms with Crippen LogP contribution in [0.4, 0.5) is 4.79 Å². The van der Waals surface area contributed by atoms with E-state index in [4.69, 9.17) is 9.57 Å². The maximum atomic E-state index is 12.8. The predicted molar refractivity (Wildman–Crippen MR) is 114 cm³/mol. The van der Waals surface area contributed by atoms with Crippen molar-refractivity contribution in [3.05, 3.63) is 83.4 Å². The molecule has 0 bridgehead atoms. The van der Waals surface area contributed by atoms with Crippen LogP contribution in [-0.2, 0) is 16.2 Å². The monoisotopic (exact) mass is 395 g/mol. The molecule has 0 unspecified atom stereocenters. The lowest BCUT2D eigenvalue weighted by atomic mass is 10.0. The average Bonchev–Trinajstić information content (AvgIpc) is 2.68. The average molecular weight is 396 g/mol. The summed E-state index contributed by atoms with van der Waals surface area (Å²) >= 11 is 0. The number of carbonyl (C=O) groups excluding carboxylic acids is 1. The van der Waals surface area contributed by atoms with Crippen LogP contribution in [0.1, 0.15) is 24.2 Å². The predicted octanol–water partition coefficient (Wildman–Crippen LogP) is 5.96. The maximum Gasteiger partial charge on any atom is 0.434 e. The minimum atomic E-state index is -1.36. The number of nitrogens with zero attached hydrogens (tertiary/aromatic N) is 1. The Balaban J connectivity index is 1.80. The van der Waals surface area contributed by atoms with Crippen molar-refractivity contribution in [1.82, 2.24) is 5.06 Å². The second-order valence-corrected chi connectivity index (χ2v) is 13.9. The number of amides is 1. The third kappa shape index (κ3) is 5.33. The molecule has 0 saturated heterocycles. The van der Waals surface area contributed by atoms with Crippen LogP contribution < -0.4 is 0 Å². The number of benzene rings is 2. The van der Waals surface area contributed by atoms with Crippen molar-refractivity contribution in [1.29, 1.82) is 0 Å². The molecular formula is C23H29NO3Si. The zero-order valence-electron chi connectivity index (χ0n) is 17.1. The normalized spacial score (nSPS) is 19.9. The van der Waals surface area contributed by atoms with Crippen LogP contribution in [-0.4, -0.2) is 25.3 Å². The van der Waals surface area contributed by atoms with Gasteiger partial charge in [-0.15, -0.1) is 0 Å². The smallest absolute Gasteiger partial charge is 0.434 e. The molecule has 1 aliphatic heterocycles. The Morgan fingerprint density at radius 1 is 1.04 bits per heavy atom. The standard InChI is InChI=1S/C23H29NO3Si/c1-18-21(17-28(2,3)4)15-22(20-13-9-6-10-14-20)27-24(18)23(25)26-16-19-11-7-5-8-12-19/h5-15,18,22H,16-17H2,1-4H3/t18-,22-/m1/s1. The molecule has 2 aromatic rings. The molecule has 0 spiro atoms. The fraction of sp³-hybridized carbons (Fsp3) is 0.348. The zero-order valence-corrected chi connectivity index (χ0v) is 18.1. The van der Waals surface area contributed by atoms with E-state index in [1.165, 1.54) is 10.6 Å². The van der Waals surface area contributed by atoms with E-state index in [1.54, 1.807) is 0 Å². The van der Waals surface area contributed by atoms with E-state index in [0.29, 0.717) is 0 Å². The second-order valence-electron chi connectivity index (χ2n) is 8.46. The van der Waals surface area contributed by atoms with Crippen molar-refractivity contribution in [2.75, 3.05) is 0 Å². The zero-order chi connectivity index (χ0) is 20.1. The van der Waals surface area contributed by atoms with Crippen LogP contribution in [0.3, 0.4) is 0 Å². The van der Waals surface area contributed by atoms with E-state index < -0.39 is 14.2 Å². The summed E-state index contributed by atoms with van der Waals surface area (Å²) in [5.74, 6) is 0. The van der Waals surface area contributed by atoms with Crippen molar-refractivity contribution in [2.24, 2.45) is 0 Å². The fourth-order valence-electron chi connectivity index (χ4n) is 3.33. The molecule has 0 saturated carbocycles. The lowest BCUT2D eigenvalue weighted by Gasteiger charge is -2.38. The van der Waals surface area contributed by atoms with Crippen LogP contribution >= 0.6 is 0 Å². The van der Waals surface area contributed by atoms with Gasteiger partial charge in [0.1, 0.15) is 12.7 Å². The van der Waals surface area contributed by atoms with Gasteiger partial charge < -0.3 is 4.74 Å².